The van der Waals surface area contributed by atoms with Crippen LogP contribution in [0.3, 0.4) is 0 Å². The molecule has 1 unspecified atom stereocenters. The first kappa shape index (κ1) is 16.4. The van der Waals surface area contributed by atoms with Crippen LogP contribution in [0.15, 0.2) is 23.8 Å². The number of allylic oxidation sites excluding steroid dienone is 4. The van der Waals surface area contributed by atoms with E-state index in [4.69, 9.17) is 4.74 Å². The van der Waals surface area contributed by atoms with Crippen molar-refractivity contribution in [2.75, 3.05) is 12.9 Å². The Morgan fingerprint density at radius 2 is 2.04 bits per heavy atom. The molecule has 0 amide bonds. The predicted molar refractivity (Wildman–Crippen MR) is 91.6 cm³/mol. The van der Waals surface area contributed by atoms with Gasteiger partial charge >= 0.3 is 5.97 Å². The lowest BCUT2D eigenvalue weighted by Gasteiger charge is -2.56. The Morgan fingerprint density at radius 1 is 1.29 bits per heavy atom. The highest BCUT2D eigenvalue weighted by Crippen LogP contribution is 2.62. The molecule has 3 fully saturated rings. The predicted octanol–water partition coefficient (Wildman–Crippen LogP) is 2.41. The van der Waals surface area contributed by atoms with Crippen molar-refractivity contribution in [3.05, 3.63) is 23.8 Å². The highest BCUT2D eigenvalue weighted by Gasteiger charge is 2.64. The quantitative estimate of drug-likeness (QED) is 0.539. The van der Waals surface area contributed by atoms with Crippen molar-refractivity contribution < 1.29 is 18.9 Å². The Bertz CT molecular complexity index is 666. The van der Waals surface area contributed by atoms with Crippen LogP contribution in [0, 0.1) is 28.6 Å². The summed E-state index contributed by atoms with van der Waals surface area (Å²) in [6.07, 6.45) is 9.64. The molecule has 4 nitrogen and oxygen atoms in total. The summed E-state index contributed by atoms with van der Waals surface area (Å²) >= 11 is -0.997. The Morgan fingerprint density at radius 3 is 2.75 bits per heavy atom. The van der Waals surface area contributed by atoms with Gasteiger partial charge in [0.25, 0.3) is 0 Å². The summed E-state index contributed by atoms with van der Waals surface area (Å²) in [5.74, 6) is 0.570. The fourth-order valence-electron chi connectivity index (χ4n) is 5.70. The molecule has 24 heavy (non-hydrogen) atoms. The lowest BCUT2D eigenvalue weighted by Crippen LogP contribution is -2.56. The second-order valence-corrected chi connectivity index (χ2v) is 9.88. The smallest absolute Gasteiger partial charge is 0.312 e. The van der Waals surface area contributed by atoms with Gasteiger partial charge in [-0.3, -0.25) is 9.59 Å². The van der Waals surface area contributed by atoms with Crippen LogP contribution in [0.4, 0.5) is 0 Å². The molecule has 4 aliphatic rings. The maximum atomic E-state index is 12.5. The van der Waals surface area contributed by atoms with E-state index in [0.29, 0.717) is 18.9 Å². The SMILES string of the molecule is C[S+]([O-])[C@@H]1CC2=CC(=O)C=C[C@]2(C)[C@H]2CC[C@]3(C)C(=O)OC[C@H]3[C@H]12. The zero-order valence-electron chi connectivity index (χ0n) is 14.4. The zero-order valence-corrected chi connectivity index (χ0v) is 15.2. The van der Waals surface area contributed by atoms with Gasteiger partial charge in [-0.15, -0.1) is 0 Å². The summed E-state index contributed by atoms with van der Waals surface area (Å²) in [6, 6.07) is 0. The molecule has 130 valence electrons. The molecule has 0 aromatic heterocycles. The van der Waals surface area contributed by atoms with Gasteiger partial charge < -0.3 is 9.29 Å². The summed E-state index contributed by atoms with van der Waals surface area (Å²) in [7, 11) is 0. The average molecular weight is 348 g/mol. The molecular weight excluding hydrogens is 324 g/mol. The lowest BCUT2D eigenvalue weighted by atomic mass is 9.48. The summed E-state index contributed by atoms with van der Waals surface area (Å²) in [5.41, 5.74) is 0.511. The fourth-order valence-corrected chi connectivity index (χ4v) is 6.94. The van der Waals surface area contributed by atoms with E-state index in [9.17, 15) is 14.1 Å². The number of ketones is 1. The van der Waals surface area contributed by atoms with E-state index >= 15 is 0 Å². The molecule has 3 aliphatic carbocycles. The number of carbonyl (C=O) groups is 2. The first-order chi connectivity index (χ1) is 11.3. The van der Waals surface area contributed by atoms with Crippen LogP contribution in [-0.2, 0) is 25.5 Å². The number of ether oxygens (including phenoxy) is 1. The molecule has 2 saturated carbocycles. The molecule has 0 aromatic rings. The minimum Gasteiger partial charge on any atom is -0.616 e. The van der Waals surface area contributed by atoms with Crippen LogP contribution in [0.2, 0.25) is 0 Å². The number of cyclic esters (lactones) is 1. The first-order valence-corrected chi connectivity index (χ1v) is 10.3. The molecule has 1 aliphatic heterocycles. The van der Waals surface area contributed by atoms with Gasteiger partial charge in [0.15, 0.2) is 5.78 Å². The van der Waals surface area contributed by atoms with Crippen LogP contribution >= 0.6 is 0 Å². The number of esters is 1. The van der Waals surface area contributed by atoms with Gasteiger partial charge in [-0.2, -0.15) is 0 Å². The number of rotatable bonds is 1. The minimum absolute atomic E-state index is 0.00671. The Kier molecular flexibility index (Phi) is 3.56. The van der Waals surface area contributed by atoms with Crippen molar-refractivity contribution >= 4 is 22.9 Å². The third-order valence-corrected chi connectivity index (χ3v) is 8.57. The number of fused-ring (bicyclic) bond motifs is 5. The molecule has 0 aromatic carbocycles. The molecule has 0 bridgehead atoms. The van der Waals surface area contributed by atoms with E-state index in [1.165, 1.54) is 0 Å². The summed E-state index contributed by atoms with van der Waals surface area (Å²) in [4.78, 5) is 24.2. The Hall–Kier alpha value is -1.07. The molecule has 1 heterocycles. The average Bonchev–Trinajstić information content (AvgIpc) is 2.83. The molecule has 0 spiro atoms. The zero-order chi connectivity index (χ0) is 17.3. The van der Waals surface area contributed by atoms with Crippen molar-refractivity contribution in [1.82, 2.24) is 0 Å². The van der Waals surface area contributed by atoms with Crippen molar-refractivity contribution in [2.45, 2.75) is 38.4 Å². The van der Waals surface area contributed by atoms with E-state index in [0.717, 1.165) is 18.4 Å². The molecule has 0 radical (unpaired) electrons. The molecular formula is C19H24O4S. The minimum atomic E-state index is -0.997. The van der Waals surface area contributed by atoms with Gasteiger partial charge in [0.05, 0.1) is 18.3 Å². The van der Waals surface area contributed by atoms with Crippen molar-refractivity contribution in [2.24, 2.45) is 28.6 Å². The van der Waals surface area contributed by atoms with Crippen molar-refractivity contribution in [3.63, 3.8) is 0 Å². The van der Waals surface area contributed by atoms with Crippen LogP contribution in [0.5, 0.6) is 0 Å². The van der Waals surface area contributed by atoms with Gasteiger partial charge in [-0.05, 0) is 37.8 Å². The standard InChI is InChI=1S/C19H24O4S/c1-18-6-4-12(20)8-11(18)9-15(24(3)22)16-13(18)5-7-19(2)14(16)10-23-17(19)21/h4,6,8,13-16H,5,7,9-10H2,1-3H3/t13-,14-,15+,16+,18-,19-,24?/m0/s1. The molecule has 7 atom stereocenters. The van der Waals surface area contributed by atoms with E-state index in [2.05, 4.69) is 13.0 Å². The van der Waals surface area contributed by atoms with Gasteiger partial charge in [0.2, 0.25) is 0 Å². The highest BCUT2D eigenvalue weighted by molar-refractivity contribution is 7.91. The maximum absolute atomic E-state index is 12.5. The molecule has 1 saturated heterocycles. The van der Waals surface area contributed by atoms with Crippen LogP contribution in [0.25, 0.3) is 0 Å². The van der Waals surface area contributed by atoms with Crippen LogP contribution < -0.4 is 0 Å². The summed E-state index contributed by atoms with van der Waals surface area (Å²) in [5, 5.41) is -0.00671. The number of carbonyl (C=O) groups excluding carboxylic acids is 2. The summed E-state index contributed by atoms with van der Waals surface area (Å²) < 4.78 is 18.0. The highest BCUT2D eigenvalue weighted by atomic mass is 32.2. The second kappa shape index (κ2) is 5.21. The third kappa shape index (κ3) is 2.03. The van der Waals surface area contributed by atoms with E-state index in [1.807, 2.05) is 6.92 Å². The third-order valence-electron chi connectivity index (χ3n) is 7.23. The first-order valence-electron chi connectivity index (χ1n) is 8.71. The van der Waals surface area contributed by atoms with Gasteiger partial charge in [0.1, 0.15) is 5.25 Å². The summed E-state index contributed by atoms with van der Waals surface area (Å²) in [6.45, 7) is 4.67. The van der Waals surface area contributed by atoms with Crippen LogP contribution in [-0.4, -0.2) is 34.4 Å². The second-order valence-electron chi connectivity index (χ2n) is 8.27. The maximum Gasteiger partial charge on any atom is 0.312 e. The lowest BCUT2D eigenvalue weighted by molar-refractivity contribution is -0.148. The fraction of sp³-hybridized carbons (Fsp3) is 0.684. The Balaban J connectivity index is 1.80. The number of hydrogen-bond acceptors (Lipinski definition) is 4. The van der Waals surface area contributed by atoms with Gasteiger partial charge in [-0.25, -0.2) is 0 Å². The van der Waals surface area contributed by atoms with E-state index < -0.39 is 16.6 Å². The molecule has 5 heteroatoms. The van der Waals surface area contributed by atoms with Crippen LogP contribution in [0.1, 0.15) is 33.1 Å². The van der Waals surface area contributed by atoms with Crippen molar-refractivity contribution in [1.29, 1.82) is 0 Å². The topological polar surface area (TPSA) is 66.4 Å². The monoisotopic (exact) mass is 348 g/mol. The van der Waals surface area contributed by atoms with Crippen molar-refractivity contribution in [3.8, 4) is 0 Å². The normalized spacial score (nSPS) is 48.1. The largest absolute Gasteiger partial charge is 0.616 e. The van der Waals surface area contributed by atoms with E-state index in [-0.39, 0.29) is 34.3 Å². The number of hydrogen-bond donors (Lipinski definition) is 0. The van der Waals surface area contributed by atoms with E-state index in [1.54, 1.807) is 18.4 Å². The Labute approximate surface area is 145 Å². The molecule has 4 rings (SSSR count). The van der Waals surface area contributed by atoms with Gasteiger partial charge in [0, 0.05) is 23.7 Å². The van der Waals surface area contributed by atoms with Gasteiger partial charge in [-0.1, -0.05) is 29.7 Å². The molecule has 0 N–H and O–H groups in total.